The van der Waals surface area contributed by atoms with Crippen LogP contribution >= 0.6 is 0 Å². The Labute approximate surface area is 238 Å². The Kier molecular flexibility index (Phi) is 8.37. The molecule has 0 aromatic heterocycles. The number of anilines is 1. The maximum absolute atomic E-state index is 12.6. The summed E-state index contributed by atoms with van der Waals surface area (Å²) in [5.74, 6) is 5.37. The fraction of sp³-hybridized carbons (Fsp3) is 0.694. The minimum Gasteiger partial charge on any atom is -0.446 e. The van der Waals surface area contributed by atoms with Crippen LogP contribution in [0.25, 0.3) is 0 Å². The second-order valence-electron chi connectivity index (χ2n) is 14.3. The summed E-state index contributed by atoms with van der Waals surface area (Å²) in [5.41, 5.74) is 3.11. The van der Waals surface area contributed by atoms with E-state index in [0.29, 0.717) is 17.3 Å². The Morgan fingerprint density at radius 3 is 2.51 bits per heavy atom. The van der Waals surface area contributed by atoms with Gasteiger partial charge in [-0.1, -0.05) is 83.5 Å². The highest BCUT2D eigenvalue weighted by Crippen LogP contribution is 2.67. The van der Waals surface area contributed by atoms with Crippen molar-refractivity contribution in [3.8, 4) is 0 Å². The van der Waals surface area contributed by atoms with Crippen LogP contribution in [0, 0.1) is 52.3 Å². The van der Waals surface area contributed by atoms with Gasteiger partial charge in [-0.2, -0.15) is 0 Å². The molecule has 3 nitrogen and oxygen atoms in total. The third kappa shape index (κ3) is 5.49. The molecule has 0 bridgehead atoms. The van der Waals surface area contributed by atoms with Crippen LogP contribution < -0.4 is 5.32 Å². The first-order valence-corrected chi connectivity index (χ1v) is 16.1. The fourth-order valence-corrected chi connectivity index (χ4v) is 9.73. The summed E-state index contributed by atoms with van der Waals surface area (Å²) in [6.07, 6.45) is 18.4. The van der Waals surface area contributed by atoms with Crippen LogP contribution in [0.5, 0.6) is 0 Å². The van der Waals surface area contributed by atoms with Crippen LogP contribution in [0.1, 0.15) is 99.3 Å². The highest BCUT2D eigenvalue weighted by Gasteiger charge is 2.59. The smallest absolute Gasteiger partial charge is 0.411 e. The molecule has 214 valence electrons. The Balaban J connectivity index is 1.24. The van der Waals surface area contributed by atoms with Crippen LogP contribution in [0.4, 0.5) is 10.5 Å². The van der Waals surface area contributed by atoms with Crippen molar-refractivity contribution < 1.29 is 9.53 Å². The maximum Gasteiger partial charge on any atom is 0.411 e. The van der Waals surface area contributed by atoms with Gasteiger partial charge in [0, 0.05) is 12.1 Å². The van der Waals surface area contributed by atoms with E-state index in [1.165, 1.54) is 38.5 Å². The molecule has 0 spiro atoms. The molecule has 1 N–H and O–H groups in total. The van der Waals surface area contributed by atoms with Gasteiger partial charge in [0.05, 0.1) is 0 Å². The molecule has 4 aliphatic carbocycles. The Morgan fingerprint density at radius 2 is 1.79 bits per heavy atom. The van der Waals surface area contributed by atoms with Crippen molar-refractivity contribution in [1.82, 2.24) is 0 Å². The number of nitrogens with one attached hydrogen (secondary N) is 1. The molecule has 0 radical (unpaired) electrons. The zero-order chi connectivity index (χ0) is 27.8. The molecule has 1 aromatic carbocycles. The number of allylic oxidation sites excluding steroid dienone is 3. The van der Waals surface area contributed by atoms with Gasteiger partial charge in [0.1, 0.15) is 6.10 Å². The fourth-order valence-electron chi connectivity index (χ4n) is 9.73. The van der Waals surface area contributed by atoms with E-state index in [-0.39, 0.29) is 17.6 Å². The quantitative estimate of drug-likeness (QED) is 0.355. The Hall–Kier alpha value is -2.03. The van der Waals surface area contributed by atoms with Crippen molar-refractivity contribution in [1.29, 1.82) is 0 Å². The van der Waals surface area contributed by atoms with Crippen LogP contribution in [-0.4, -0.2) is 12.2 Å². The van der Waals surface area contributed by atoms with Crippen molar-refractivity contribution in [3.05, 3.63) is 54.1 Å². The molecule has 9 atom stereocenters. The zero-order valence-electron chi connectivity index (χ0n) is 25.4. The summed E-state index contributed by atoms with van der Waals surface area (Å²) in [7, 11) is 0. The van der Waals surface area contributed by atoms with Crippen LogP contribution in [0.3, 0.4) is 0 Å². The minimum atomic E-state index is -0.323. The van der Waals surface area contributed by atoms with Gasteiger partial charge < -0.3 is 4.74 Å². The summed E-state index contributed by atoms with van der Waals surface area (Å²) >= 11 is 0. The lowest BCUT2D eigenvalue weighted by molar-refractivity contribution is -0.0545. The molecular formula is C36H53NO2. The average Bonchev–Trinajstić information content (AvgIpc) is 3.27. The number of benzene rings is 1. The van der Waals surface area contributed by atoms with Gasteiger partial charge in [-0.15, -0.1) is 0 Å². The Bertz CT molecular complexity index is 1060. The summed E-state index contributed by atoms with van der Waals surface area (Å²) in [4.78, 5) is 12.6. The van der Waals surface area contributed by atoms with Crippen LogP contribution in [-0.2, 0) is 4.74 Å². The van der Waals surface area contributed by atoms with E-state index in [1.54, 1.807) is 5.57 Å². The van der Waals surface area contributed by atoms with E-state index in [9.17, 15) is 4.79 Å². The summed E-state index contributed by atoms with van der Waals surface area (Å²) in [6.45, 7) is 14.8. The molecule has 0 unspecified atom stereocenters. The molecule has 3 saturated carbocycles. The van der Waals surface area contributed by atoms with Gasteiger partial charge in [-0.3, -0.25) is 5.32 Å². The monoisotopic (exact) mass is 531 g/mol. The van der Waals surface area contributed by atoms with Crippen LogP contribution in [0.15, 0.2) is 54.1 Å². The van der Waals surface area contributed by atoms with E-state index in [1.807, 2.05) is 30.3 Å². The third-order valence-electron chi connectivity index (χ3n) is 12.1. The number of ether oxygens (including phenoxy) is 1. The van der Waals surface area contributed by atoms with Crippen molar-refractivity contribution in [2.75, 3.05) is 5.32 Å². The molecule has 1 aromatic rings. The predicted molar refractivity (Wildman–Crippen MR) is 162 cm³/mol. The second kappa shape index (κ2) is 11.5. The van der Waals surface area contributed by atoms with Gasteiger partial charge in [0.25, 0.3) is 0 Å². The predicted octanol–water partition coefficient (Wildman–Crippen LogP) is 10.1. The number of carbonyl (C=O) groups excluding carboxylic acids is 1. The number of fused-ring (bicyclic) bond motifs is 5. The molecule has 0 aliphatic heterocycles. The average molecular weight is 532 g/mol. The van der Waals surface area contributed by atoms with Crippen molar-refractivity contribution in [3.63, 3.8) is 0 Å². The second-order valence-corrected chi connectivity index (χ2v) is 14.3. The number of para-hydroxylation sites is 1. The van der Waals surface area contributed by atoms with Gasteiger partial charge in [-0.25, -0.2) is 4.79 Å². The van der Waals surface area contributed by atoms with E-state index >= 15 is 0 Å². The first-order chi connectivity index (χ1) is 18.7. The number of hydrogen-bond acceptors (Lipinski definition) is 2. The largest absolute Gasteiger partial charge is 0.446 e. The molecule has 3 fully saturated rings. The first-order valence-electron chi connectivity index (χ1n) is 16.1. The summed E-state index contributed by atoms with van der Waals surface area (Å²) < 4.78 is 5.92. The van der Waals surface area contributed by atoms with Crippen molar-refractivity contribution in [2.45, 2.75) is 105 Å². The SMILES string of the molecule is CC[C@H](/C=C\[C@@H](C)[C@H]1CC[C@H]2[C@@H]3CC=C4C[C@@H](OC(=O)Nc5ccccc5)CC[C@]4(C)[C@H]3CC[C@]12C)C(C)C. The maximum atomic E-state index is 12.6. The first kappa shape index (κ1) is 28.5. The topological polar surface area (TPSA) is 38.3 Å². The molecule has 0 heterocycles. The van der Waals surface area contributed by atoms with Crippen LogP contribution in [0.2, 0.25) is 0 Å². The lowest BCUT2D eigenvalue weighted by atomic mass is 9.47. The lowest BCUT2D eigenvalue weighted by Gasteiger charge is -2.58. The molecular weight excluding hydrogens is 478 g/mol. The third-order valence-corrected chi connectivity index (χ3v) is 12.1. The number of amides is 1. The minimum absolute atomic E-state index is 0.0141. The summed E-state index contributed by atoms with van der Waals surface area (Å²) in [6, 6.07) is 9.61. The molecule has 4 aliphatic rings. The number of carbonyl (C=O) groups is 1. The highest BCUT2D eigenvalue weighted by molar-refractivity contribution is 5.84. The molecule has 5 rings (SSSR count). The highest BCUT2D eigenvalue weighted by atomic mass is 16.6. The van der Waals surface area contributed by atoms with Gasteiger partial charge in [0.15, 0.2) is 0 Å². The van der Waals surface area contributed by atoms with E-state index in [2.05, 4.69) is 65.1 Å². The summed E-state index contributed by atoms with van der Waals surface area (Å²) in [5, 5.41) is 2.90. The van der Waals surface area contributed by atoms with E-state index < -0.39 is 0 Å². The number of hydrogen-bond donors (Lipinski definition) is 1. The van der Waals surface area contributed by atoms with E-state index in [0.717, 1.165) is 54.5 Å². The van der Waals surface area contributed by atoms with Crippen molar-refractivity contribution >= 4 is 11.8 Å². The normalized spacial score (nSPS) is 37.4. The standard InChI is InChI=1S/C36H53NO2/c1-7-26(24(2)3)14-13-25(4)31-17-18-32-30-16-15-27-23-29(39-34(38)37-28-11-9-8-10-12-28)19-21-35(27,5)33(30)20-22-36(31,32)6/h8-15,24-26,29-33H,7,16-23H2,1-6H3,(H,37,38)/b14-13-/t25-,26-,29+,30+,31-,32+,33+,35+,36-/m1/s1. The van der Waals surface area contributed by atoms with Gasteiger partial charge in [-0.05, 0) is 116 Å². The molecule has 0 saturated heterocycles. The van der Waals surface area contributed by atoms with Crippen molar-refractivity contribution in [2.24, 2.45) is 52.3 Å². The van der Waals surface area contributed by atoms with Gasteiger partial charge in [0.2, 0.25) is 0 Å². The van der Waals surface area contributed by atoms with Gasteiger partial charge >= 0.3 is 6.09 Å². The molecule has 39 heavy (non-hydrogen) atoms. The molecule has 3 heteroatoms. The van der Waals surface area contributed by atoms with E-state index in [4.69, 9.17) is 4.74 Å². The molecule has 1 amide bonds. The number of rotatable bonds is 7. The Morgan fingerprint density at radius 1 is 1.03 bits per heavy atom. The lowest BCUT2D eigenvalue weighted by Crippen LogP contribution is -2.51. The zero-order valence-corrected chi connectivity index (χ0v) is 25.4.